The van der Waals surface area contributed by atoms with Crippen molar-refractivity contribution in [3.8, 4) is 0 Å². The molecule has 0 bridgehead atoms. The first-order valence-electron chi connectivity index (χ1n) is 8.33. The number of likely N-dealkylation sites (tertiary alicyclic amines) is 1. The van der Waals surface area contributed by atoms with E-state index in [9.17, 15) is 4.79 Å². The Hall–Kier alpha value is -2.13. The van der Waals surface area contributed by atoms with Gasteiger partial charge in [0, 0.05) is 6.54 Å². The van der Waals surface area contributed by atoms with E-state index >= 15 is 0 Å². The van der Waals surface area contributed by atoms with Crippen LogP contribution in [0.3, 0.4) is 0 Å². The average molecular weight is 308 g/mol. The van der Waals surface area contributed by atoms with Gasteiger partial charge in [0.05, 0.1) is 12.0 Å². The summed E-state index contributed by atoms with van der Waals surface area (Å²) in [6.45, 7) is 1.94. The molecule has 2 aromatic rings. The van der Waals surface area contributed by atoms with Crippen LogP contribution in [0.5, 0.6) is 0 Å². The number of amides is 1. The Morgan fingerprint density at radius 2 is 1.61 bits per heavy atom. The molecule has 1 atom stereocenters. The highest BCUT2D eigenvalue weighted by atomic mass is 16.2. The predicted molar refractivity (Wildman–Crippen MR) is 93.1 cm³/mol. The van der Waals surface area contributed by atoms with Crippen LogP contribution < -0.4 is 5.32 Å². The minimum absolute atomic E-state index is 0.0860. The molecule has 1 heterocycles. The summed E-state index contributed by atoms with van der Waals surface area (Å²) >= 11 is 0. The zero-order chi connectivity index (χ0) is 16.1. The van der Waals surface area contributed by atoms with Crippen molar-refractivity contribution in [2.24, 2.45) is 5.92 Å². The Morgan fingerprint density at radius 1 is 1.04 bits per heavy atom. The highest BCUT2D eigenvalue weighted by molar-refractivity contribution is 5.80. The summed E-state index contributed by atoms with van der Waals surface area (Å²) in [4.78, 5) is 15.0. The molecule has 0 radical (unpaired) electrons. The fourth-order valence-electron chi connectivity index (χ4n) is 3.29. The van der Waals surface area contributed by atoms with Crippen LogP contribution in [0.4, 0.5) is 0 Å². The van der Waals surface area contributed by atoms with Gasteiger partial charge in [0.1, 0.15) is 0 Å². The summed E-state index contributed by atoms with van der Waals surface area (Å²) in [6.07, 6.45) is 2.07. The summed E-state index contributed by atoms with van der Waals surface area (Å²) in [7, 11) is 2.09. The zero-order valence-electron chi connectivity index (χ0n) is 13.6. The van der Waals surface area contributed by atoms with Gasteiger partial charge in [-0.25, -0.2) is 0 Å². The Balaban J connectivity index is 1.80. The number of carbonyl (C=O) groups excluding carboxylic acids is 1. The van der Waals surface area contributed by atoms with Crippen LogP contribution in [-0.2, 0) is 4.79 Å². The molecule has 1 N–H and O–H groups in total. The van der Waals surface area contributed by atoms with Gasteiger partial charge in [-0.3, -0.25) is 4.79 Å². The van der Waals surface area contributed by atoms with Crippen molar-refractivity contribution in [1.29, 1.82) is 0 Å². The first kappa shape index (κ1) is 15.8. The van der Waals surface area contributed by atoms with Crippen molar-refractivity contribution in [1.82, 2.24) is 10.2 Å². The summed E-state index contributed by atoms with van der Waals surface area (Å²) in [5, 5.41) is 3.27. The van der Waals surface area contributed by atoms with E-state index in [0.29, 0.717) is 0 Å². The molecule has 23 heavy (non-hydrogen) atoms. The third kappa shape index (κ3) is 3.99. The van der Waals surface area contributed by atoms with E-state index < -0.39 is 0 Å². The van der Waals surface area contributed by atoms with Gasteiger partial charge >= 0.3 is 0 Å². The van der Waals surface area contributed by atoms with Crippen molar-refractivity contribution in [3.63, 3.8) is 0 Å². The van der Waals surface area contributed by atoms with E-state index in [0.717, 1.165) is 37.1 Å². The number of hydrogen-bond acceptors (Lipinski definition) is 2. The molecule has 0 spiro atoms. The van der Waals surface area contributed by atoms with Crippen LogP contribution in [0.2, 0.25) is 0 Å². The summed E-state index contributed by atoms with van der Waals surface area (Å²) in [5.74, 6) is 0.248. The molecule has 120 valence electrons. The van der Waals surface area contributed by atoms with Gasteiger partial charge in [-0.1, -0.05) is 60.7 Å². The number of hydrogen-bond donors (Lipinski definition) is 1. The SMILES string of the molecule is CN1CCC[C@@H](C(=O)NC(c2ccccc2)c2ccccc2)C1. The van der Waals surface area contributed by atoms with Gasteiger partial charge in [-0.05, 0) is 37.6 Å². The second-order valence-electron chi connectivity index (χ2n) is 6.36. The summed E-state index contributed by atoms with van der Waals surface area (Å²) < 4.78 is 0. The average Bonchev–Trinajstić information content (AvgIpc) is 2.61. The molecule has 0 unspecified atom stereocenters. The smallest absolute Gasteiger partial charge is 0.225 e. The van der Waals surface area contributed by atoms with Gasteiger partial charge < -0.3 is 10.2 Å². The maximum Gasteiger partial charge on any atom is 0.225 e. The van der Waals surface area contributed by atoms with E-state index in [1.54, 1.807) is 0 Å². The van der Waals surface area contributed by atoms with Crippen molar-refractivity contribution >= 4 is 5.91 Å². The Morgan fingerprint density at radius 3 is 2.13 bits per heavy atom. The Bertz CT molecular complexity index is 587. The quantitative estimate of drug-likeness (QED) is 0.940. The fraction of sp³-hybridized carbons (Fsp3) is 0.350. The van der Waals surface area contributed by atoms with Gasteiger partial charge in [-0.15, -0.1) is 0 Å². The monoisotopic (exact) mass is 308 g/mol. The fourth-order valence-corrected chi connectivity index (χ4v) is 3.29. The maximum atomic E-state index is 12.8. The molecule has 1 amide bonds. The van der Waals surface area contributed by atoms with Crippen LogP contribution in [-0.4, -0.2) is 30.9 Å². The maximum absolute atomic E-state index is 12.8. The first-order chi connectivity index (χ1) is 11.2. The minimum Gasteiger partial charge on any atom is -0.345 e. The molecular formula is C20H24N2O. The number of nitrogens with zero attached hydrogens (tertiary/aromatic N) is 1. The zero-order valence-corrected chi connectivity index (χ0v) is 13.6. The summed E-state index contributed by atoms with van der Waals surface area (Å²) in [6, 6.07) is 20.3. The molecule has 0 aromatic heterocycles. The van der Waals surface area contributed by atoms with E-state index in [1.165, 1.54) is 0 Å². The highest BCUT2D eigenvalue weighted by Gasteiger charge is 2.26. The van der Waals surface area contributed by atoms with E-state index in [4.69, 9.17) is 0 Å². The van der Waals surface area contributed by atoms with Crippen LogP contribution in [0.15, 0.2) is 60.7 Å². The molecule has 2 aromatic carbocycles. The topological polar surface area (TPSA) is 32.3 Å². The van der Waals surface area contributed by atoms with Crippen molar-refractivity contribution < 1.29 is 4.79 Å². The minimum atomic E-state index is -0.0860. The number of piperidine rings is 1. The third-order valence-corrected chi connectivity index (χ3v) is 4.55. The molecule has 0 aliphatic carbocycles. The third-order valence-electron chi connectivity index (χ3n) is 4.55. The lowest BCUT2D eigenvalue weighted by Crippen LogP contribution is -2.42. The van der Waals surface area contributed by atoms with Crippen molar-refractivity contribution in [2.75, 3.05) is 20.1 Å². The largest absolute Gasteiger partial charge is 0.345 e. The van der Waals surface area contributed by atoms with Gasteiger partial charge in [0.15, 0.2) is 0 Å². The lowest BCUT2D eigenvalue weighted by molar-refractivity contribution is -0.127. The second-order valence-corrected chi connectivity index (χ2v) is 6.36. The van der Waals surface area contributed by atoms with Gasteiger partial charge in [0.25, 0.3) is 0 Å². The second kappa shape index (κ2) is 7.42. The van der Waals surface area contributed by atoms with Crippen LogP contribution in [0.25, 0.3) is 0 Å². The molecule has 3 heteroatoms. The number of rotatable bonds is 4. The molecule has 1 aliphatic rings. The van der Waals surface area contributed by atoms with Gasteiger partial charge in [-0.2, -0.15) is 0 Å². The first-order valence-corrected chi connectivity index (χ1v) is 8.33. The molecular weight excluding hydrogens is 284 g/mol. The summed E-state index contributed by atoms with van der Waals surface area (Å²) in [5.41, 5.74) is 2.24. The molecule has 3 nitrogen and oxygen atoms in total. The lowest BCUT2D eigenvalue weighted by Gasteiger charge is -2.30. The lowest BCUT2D eigenvalue weighted by atomic mass is 9.94. The molecule has 1 fully saturated rings. The van der Waals surface area contributed by atoms with Crippen molar-refractivity contribution in [3.05, 3.63) is 71.8 Å². The number of carbonyl (C=O) groups is 1. The molecule has 1 saturated heterocycles. The highest BCUT2D eigenvalue weighted by Crippen LogP contribution is 2.23. The molecule has 1 aliphatic heterocycles. The van der Waals surface area contributed by atoms with Crippen LogP contribution in [0, 0.1) is 5.92 Å². The Labute approximate surface area is 138 Å². The van der Waals surface area contributed by atoms with Crippen molar-refractivity contribution in [2.45, 2.75) is 18.9 Å². The number of benzene rings is 2. The molecule has 3 rings (SSSR count). The molecule has 0 saturated carbocycles. The van der Waals surface area contributed by atoms with E-state index in [2.05, 4.69) is 41.5 Å². The Kier molecular flexibility index (Phi) is 5.09. The predicted octanol–water partition coefficient (Wildman–Crippen LogP) is 3.23. The standard InChI is InChI=1S/C20H24N2O/c1-22-14-8-13-18(15-22)20(23)21-19(16-9-4-2-5-10-16)17-11-6-3-7-12-17/h2-7,9-12,18-19H,8,13-15H2,1H3,(H,21,23)/t18-/m1/s1. The normalized spacial score (nSPS) is 18.8. The number of nitrogens with one attached hydrogen (secondary N) is 1. The van der Waals surface area contributed by atoms with Crippen LogP contribution in [0.1, 0.15) is 30.0 Å². The van der Waals surface area contributed by atoms with Crippen LogP contribution >= 0.6 is 0 Å². The van der Waals surface area contributed by atoms with E-state index in [1.807, 2.05) is 36.4 Å². The van der Waals surface area contributed by atoms with E-state index in [-0.39, 0.29) is 17.9 Å². The van der Waals surface area contributed by atoms with Gasteiger partial charge in [0.2, 0.25) is 5.91 Å².